The third kappa shape index (κ3) is 4.51. The summed E-state index contributed by atoms with van der Waals surface area (Å²) in [5, 5.41) is 11.7. The van der Waals surface area contributed by atoms with Gasteiger partial charge in [0.25, 0.3) is 0 Å². The largest absolute Gasteiger partial charge is 1.00 e. The summed E-state index contributed by atoms with van der Waals surface area (Å²) in [6.07, 6.45) is 13.2. The van der Waals surface area contributed by atoms with E-state index in [4.69, 9.17) is 9.94 Å². The van der Waals surface area contributed by atoms with E-state index in [1.807, 2.05) is 28.6 Å². The highest BCUT2D eigenvalue weighted by atomic mass is 35.5. The summed E-state index contributed by atoms with van der Waals surface area (Å²) >= 11 is 0. The highest BCUT2D eigenvalue weighted by Gasteiger charge is 2.16. The van der Waals surface area contributed by atoms with Crippen LogP contribution in [0.3, 0.4) is 0 Å². The zero-order valence-electron chi connectivity index (χ0n) is 11.3. The van der Waals surface area contributed by atoms with Crippen molar-refractivity contribution in [2.45, 2.75) is 51.4 Å². The Hall–Kier alpha value is -1.07. The average Bonchev–Trinajstić information content (AvgIpc) is 2.59. The predicted molar refractivity (Wildman–Crippen MR) is 67.6 cm³/mol. The van der Waals surface area contributed by atoms with Crippen molar-refractivity contribution in [2.75, 3.05) is 0 Å². The molecule has 1 heterocycles. The molecule has 0 amide bonds. The minimum atomic E-state index is 0. The Morgan fingerprint density at radius 3 is 2.74 bits per heavy atom. The Labute approximate surface area is 120 Å². The molecule has 1 aliphatic rings. The van der Waals surface area contributed by atoms with Crippen LogP contribution in [0, 0.1) is 0 Å². The maximum Gasteiger partial charge on any atom is 0.305 e. The first-order chi connectivity index (χ1) is 8.81. The molecule has 19 heavy (non-hydrogen) atoms. The molecule has 0 aliphatic heterocycles. The maximum atomic E-state index is 8.64. The van der Waals surface area contributed by atoms with Gasteiger partial charge in [0.15, 0.2) is 12.9 Å². The van der Waals surface area contributed by atoms with Gasteiger partial charge in [0.05, 0.1) is 13.2 Å². The summed E-state index contributed by atoms with van der Waals surface area (Å²) in [4.78, 5) is 0. The lowest BCUT2D eigenvalue weighted by atomic mass is 10.2. The zero-order chi connectivity index (χ0) is 12.8. The summed E-state index contributed by atoms with van der Waals surface area (Å²) in [6, 6.07) is 0. The van der Waals surface area contributed by atoms with E-state index in [9.17, 15) is 0 Å². The number of halogens is 1. The lowest BCUT2D eigenvalue weighted by Gasteiger charge is -2.13. The maximum absolute atomic E-state index is 8.64. The Balaban J connectivity index is 0.00000180. The van der Waals surface area contributed by atoms with Crippen LogP contribution in [0.1, 0.15) is 44.3 Å². The number of aromatic nitrogens is 2. The van der Waals surface area contributed by atoms with Gasteiger partial charge < -0.3 is 22.4 Å². The van der Waals surface area contributed by atoms with Gasteiger partial charge in [-0.15, -0.1) is 0 Å². The molecule has 0 atom stereocenters. The third-order valence-electron chi connectivity index (χ3n) is 3.55. The second-order valence-electron chi connectivity index (χ2n) is 4.89. The lowest BCUT2D eigenvalue weighted by molar-refractivity contribution is -0.672. The van der Waals surface area contributed by atoms with E-state index < -0.39 is 0 Å². The van der Waals surface area contributed by atoms with Gasteiger partial charge in [-0.2, -0.15) is 0 Å². The van der Waals surface area contributed by atoms with Crippen molar-refractivity contribution in [1.82, 2.24) is 4.57 Å². The van der Waals surface area contributed by atoms with Gasteiger partial charge in [0.2, 0.25) is 0 Å². The second-order valence-corrected chi connectivity index (χ2v) is 4.89. The molecule has 1 saturated carbocycles. The molecule has 1 aromatic rings. The van der Waals surface area contributed by atoms with Crippen molar-refractivity contribution in [3.05, 3.63) is 18.2 Å². The number of imidazole rings is 1. The van der Waals surface area contributed by atoms with Gasteiger partial charge in [-0.05, 0) is 12.8 Å². The Morgan fingerprint density at radius 2 is 2.11 bits per heavy atom. The fourth-order valence-corrected chi connectivity index (χ4v) is 2.46. The fraction of sp³-hybridized carbons (Fsp3) is 0.692. The molecule has 6 heteroatoms. The van der Waals surface area contributed by atoms with Crippen molar-refractivity contribution in [1.29, 1.82) is 0 Å². The van der Waals surface area contributed by atoms with Crippen molar-refractivity contribution in [3.63, 3.8) is 0 Å². The molecule has 0 radical (unpaired) electrons. The van der Waals surface area contributed by atoms with E-state index in [1.54, 1.807) is 0 Å². The molecule has 5 nitrogen and oxygen atoms in total. The SMILES string of the molecule is C[n+]1ccn(COC2CCCCCC2)c1/C=N\O.[Cl-]. The molecular formula is C13H22ClN3O2. The van der Waals surface area contributed by atoms with Gasteiger partial charge >= 0.3 is 5.82 Å². The summed E-state index contributed by atoms with van der Waals surface area (Å²) in [6.45, 7) is 0.521. The van der Waals surface area contributed by atoms with Crippen molar-refractivity contribution in [2.24, 2.45) is 12.2 Å². The van der Waals surface area contributed by atoms with Gasteiger partial charge in [0, 0.05) is 0 Å². The monoisotopic (exact) mass is 287 g/mol. The number of rotatable bonds is 4. The number of nitrogens with zero attached hydrogens (tertiary/aromatic N) is 3. The summed E-state index contributed by atoms with van der Waals surface area (Å²) in [5.41, 5.74) is 0. The van der Waals surface area contributed by atoms with Crippen molar-refractivity contribution >= 4 is 6.21 Å². The predicted octanol–water partition coefficient (Wildman–Crippen LogP) is -1.18. The molecule has 1 N–H and O–H groups in total. The fourth-order valence-electron chi connectivity index (χ4n) is 2.46. The molecule has 0 bridgehead atoms. The first-order valence-electron chi connectivity index (χ1n) is 6.65. The molecule has 1 fully saturated rings. The molecule has 1 aromatic heterocycles. The molecule has 0 unspecified atom stereocenters. The van der Waals surface area contributed by atoms with Crippen LogP contribution in [-0.2, 0) is 18.5 Å². The Kier molecular flexibility index (Phi) is 6.87. The topological polar surface area (TPSA) is 50.6 Å². The van der Waals surface area contributed by atoms with Gasteiger partial charge in [-0.1, -0.05) is 30.8 Å². The molecule has 0 aromatic carbocycles. The van der Waals surface area contributed by atoms with Gasteiger partial charge in [0.1, 0.15) is 12.4 Å². The normalized spacial score (nSPS) is 17.3. The smallest absolute Gasteiger partial charge is 0.305 e. The molecule has 0 spiro atoms. The van der Waals surface area contributed by atoms with Crippen LogP contribution in [0.4, 0.5) is 0 Å². The van der Waals surface area contributed by atoms with Crippen molar-refractivity contribution < 1.29 is 26.9 Å². The average molecular weight is 288 g/mol. The van der Waals surface area contributed by atoms with E-state index in [0.29, 0.717) is 12.8 Å². The molecule has 1 aliphatic carbocycles. The summed E-state index contributed by atoms with van der Waals surface area (Å²) < 4.78 is 9.80. The standard InChI is InChI=1S/C13H21N3O2.ClH/c1-15-8-9-16(13(15)10-14-17)11-18-12-6-4-2-3-5-7-12;/h8-10,12H,2-7,11H2,1H3;1H. The summed E-state index contributed by atoms with van der Waals surface area (Å²) in [5.74, 6) is 0.825. The molecule has 108 valence electrons. The second kappa shape index (κ2) is 8.17. The van der Waals surface area contributed by atoms with Gasteiger partial charge in [-0.3, -0.25) is 0 Å². The first-order valence-corrected chi connectivity index (χ1v) is 6.65. The van der Waals surface area contributed by atoms with E-state index in [-0.39, 0.29) is 12.4 Å². The van der Waals surface area contributed by atoms with Crippen LogP contribution in [-0.4, -0.2) is 22.1 Å². The van der Waals surface area contributed by atoms with E-state index >= 15 is 0 Å². The Bertz CT molecular complexity index is 399. The van der Waals surface area contributed by atoms with Crippen LogP contribution in [0.15, 0.2) is 17.5 Å². The lowest BCUT2D eigenvalue weighted by Crippen LogP contribution is -3.00. The highest BCUT2D eigenvalue weighted by molar-refractivity contribution is 5.72. The quantitative estimate of drug-likeness (QED) is 0.249. The summed E-state index contributed by atoms with van der Waals surface area (Å²) in [7, 11) is 1.92. The van der Waals surface area contributed by atoms with Crippen LogP contribution in [0.5, 0.6) is 0 Å². The highest BCUT2D eigenvalue weighted by Crippen LogP contribution is 2.20. The third-order valence-corrected chi connectivity index (χ3v) is 3.55. The minimum absolute atomic E-state index is 0. The first kappa shape index (κ1) is 16.0. The number of oxime groups is 1. The molecular weight excluding hydrogens is 266 g/mol. The number of hydrogen-bond donors (Lipinski definition) is 1. The number of ether oxygens (including phenoxy) is 1. The zero-order valence-corrected chi connectivity index (χ0v) is 12.1. The van der Waals surface area contributed by atoms with Crippen LogP contribution < -0.4 is 17.0 Å². The molecule has 0 saturated heterocycles. The van der Waals surface area contributed by atoms with Crippen LogP contribution in [0.2, 0.25) is 0 Å². The van der Waals surface area contributed by atoms with E-state index in [1.165, 1.54) is 31.9 Å². The van der Waals surface area contributed by atoms with Crippen LogP contribution >= 0.6 is 0 Å². The van der Waals surface area contributed by atoms with Gasteiger partial charge in [-0.25, -0.2) is 9.13 Å². The van der Waals surface area contributed by atoms with E-state index in [2.05, 4.69) is 5.16 Å². The van der Waals surface area contributed by atoms with E-state index in [0.717, 1.165) is 18.7 Å². The number of aryl methyl sites for hydroxylation is 1. The number of hydrogen-bond acceptors (Lipinski definition) is 3. The van der Waals surface area contributed by atoms with Crippen LogP contribution in [0.25, 0.3) is 0 Å². The molecule has 2 rings (SSSR count). The minimum Gasteiger partial charge on any atom is -1.00 e. The Morgan fingerprint density at radius 1 is 1.42 bits per heavy atom. The van der Waals surface area contributed by atoms with Crippen molar-refractivity contribution in [3.8, 4) is 0 Å².